The van der Waals surface area contributed by atoms with Gasteiger partial charge in [-0.05, 0) is 64.5 Å². The number of anilines is 1. The Hall–Kier alpha value is -4.00. The maximum absolute atomic E-state index is 13.1. The van der Waals surface area contributed by atoms with Gasteiger partial charge in [0.15, 0.2) is 5.11 Å². The van der Waals surface area contributed by atoms with Gasteiger partial charge in [0.2, 0.25) is 0 Å². The largest absolute Gasteiger partial charge is 0.487 e. The van der Waals surface area contributed by atoms with Gasteiger partial charge in [0, 0.05) is 0 Å². The van der Waals surface area contributed by atoms with Gasteiger partial charge in [0.1, 0.15) is 17.9 Å². The number of amides is 2. The third-order valence-electron chi connectivity index (χ3n) is 5.65. The third-order valence-corrected chi connectivity index (χ3v) is 6.23. The molecule has 1 fully saturated rings. The minimum atomic E-state index is -0.556. The average molecular weight is 499 g/mol. The number of hydrogen-bond acceptors (Lipinski definition) is 4. The summed E-state index contributed by atoms with van der Waals surface area (Å²) in [6.07, 6.45) is 1.50. The zero-order chi connectivity index (χ0) is 24.4. The molecule has 0 bridgehead atoms. The van der Waals surface area contributed by atoms with Crippen LogP contribution in [0.5, 0.6) is 5.75 Å². The van der Waals surface area contributed by atoms with Crippen molar-refractivity contribution in [1.82, 2.24) is 5.32 Å². The molecule has 4 aromatic rings. The number of rotatable bonds is 5. The zero-order valence-electron chi connectivity index (χ0n) is 18.4. The van der Waals surface area contributed by atoms with E-state index in [4.69, 9.17) is 28.6 Å². The number of fused-ring (bicyclic) bond motifs is 1. The molecule has 1 saturated heterocycles. The second kappa shape index (κ2) is 9.70. The topological polar surface area (TPSA) is 58.6 Å². The van der Waals surface area contributed by atoms with Crippen molar-refractivity contribution in [2.45, 2.75) is 6.61 Å². The second-order valence-corrected chi connectivity index (χ2v) is 8.70. The molecule has 0 saturated carbocycles. The first-order chi connectivity index (χ1) is 17.0. The van der Waals surface area contributed by atoms with Crippen molar-refractivity contribution in [2.75, 3.05) is 4.90 Å². The van der Waals surface area contributed by atoms with E-state index in [0.29, 0.717) is 28.6 Å². The highest BCUT2D eigenvalue weighted by molar-refractivity contribution is 7.80. The molecule has 0 atom stereocenters. The number of nitrogens with zero attached hydrogens (tertiary/aromatic N) is 1. The Bertz CT molecular complexity index is 1500. The van der Waals surface area contributed by atoms with Gasteiger partial charge in [0.25, 0.3) is 11.8 Å². The molecular formula is C28H19ClN2O3S. The molecule has 5 rings (SSSR count). The molecule has 35 heavy (non-hydrogen) atoms. The number of para-hydroxylation sites is 1. The van der Waals surface area contributed by atoms with Crippen molar-refractivity contribution in [3.05, 3.63) is 113 Å². The Labute approximate surface area is 212 Å². The molecule has 1 N–H and O–H groups in total. The number of thiocarbonyl (C=S) groups is 1. The molecule has 5 nitrogen and oxygen atoms in total. The van der Waals surface area contributed by atoms with E-state index in [2.05, 4.69) is 23.5 Å². The van der Waals surface area contributed by atoms with E-state index in [9.17, 15) is 9.59 Å². The van der Waals surface area contributed by atoms with E-state index in [0.717, 1.165) is 16.3 Å². The summed E-state index contributed by atoms with van der Waals surface area (Å²) in [4.78, 5) is 27.0. The normalized spacial score (nSPS) is 14.9. The van der Waals surface area contributed by atoms with Crippen LogP contribution in [0.4, 0.5) is 5.69 Å². The Morgan fingerprint density at radius 1 is 0.914 bits per heavy atom. The number of ether oxygens (including phenoxy) is 1. The number of benzene rings is 4. The molecule has 4 aromatic carbocycles. The first-order valence-corrected chi connectivity index (χ1v) is 11.7. The molecule has 7 heteroatoms. The molecule has 0 spiro atoms. The molecule has 1 aliphatic heterocycles. The number of nitrogens with one attached hydrogen (secondary N) is 1. The summed E-state index contributed by atoms with van der Waals surface area (Å²) in [5, 5.41) is 5.25. The Kier molecular flexibility index (Phi) is 6.31. The van der Waals surface area contributed by atoms with Gasteiger partial charge < -0.3 is 4.74 Å². The van der Waals surface area contributed by atoms with E-state index in [1.807, 2.05) is 30.3 Å². The van der Waals surface area contributed by atoms with Crippen LogP contribution in [0.1, 0.15) is 11.1 Å². The zero-order valence-corrected chi connectivity index (χ0v) is 20.0. The van der Waals surface area contributed by atoms with E-state index in [-0.39, 0.29) is 10.7 Å². The van der Waals surface area contributed by atoms with E-state index >= 15 is 0 Å². The molecule has 1 aliphatic rings. The minimum absolute atomic E-state index is 0.0389. The summed E-state index contributed by atoms with van der Waals surface area (Å²) >= 11 is 11.7. The summed E-state index contributed by atoms with van der Waals surface area (Å²) < 4.78 is 5.98. The van der Waals surface area contributed by atoms with Crippen LogP contribution < -0.4 is 15.0 Å². The summed E-state index contributed by atoms with van der Waals surface area (Å²) in [5.74, 6) is -0.551. The maximum atomic E-state index is 13.1. The van der Waals surface area contributed by atoms with Gasteiger partial charge in [-0.1, -0.05) is 78.3 Å². The van der Waals surface area contributed by atoms with Gasteiger partial charge >= 0.3 is 0 Å². The van der Waals surface area contributed by atoms with Gasteiger partial charge in [-0.15, -0.1) is 0 Å². The van der Waals surface area contributed by atoms with Crippen LogP contribution in [0.3, 0.4) is 0 Å². The van der Waals surface area contributed by atoms with Gasteiger partial charge in [-0.25, -0.2) is 0 Å². The first-order valence-electron chi connectivity index (χ1n) is 10.9. The molecule has 172 valence electrons. The van der Waals surface area contributed by atoms with Crippen molar-refractivity contribution in [1.29, 1.82) is 0 Å². The van der Waals surface area contributed by atoms with E-state index < -0.39 is 11.8 Å². The molecule has 2 amide bonds. The Morgan fingerprint density at radius 2 is 1.66 bits per heavy atom. The molecule has 0 radical (unpaired) electrons. The number of hydrogen-bond donors (Lipinski definition) is 1. The fraction of sp³-hybridized carbons (Fsp3) is 0.0357. The highest BCUT2D eigenvalue weighted by atomic mass is 35.5. The standard InChI is InChI=1S/C28H19ClN2O3S/c29-24-16-18(13-14-25(24)34-17-20-9-6-8-19-7-4-5-12-22(19)20)15-23-26(32)30-28(35)31(27(23)33)21-10-2-1-3-11-21/h1-16H,17H2,(H,30,32,35)/b23-15-. The Morgan fingerprint density at radius 3 is 2.46 bits per heavy atom. The second-order valence-electron chi connectivity index (χ2n) is 7.91. The lowest BCUT2D eigenvalue weighted by Gasteiger charge is -2.28. The highest BCUT2D eigenvalue weighted by Gasteiger charge is 2.34. The summed E-state index contributed by atoms with van der Waals surface area (Å²) in [5.41, 5.74) is 2.17. The SMILES string of the molecule is O=C1NC(=S)N(c2ccccc2)C(=O)/C1=C\c1ccc(OCc2cccc3ccccc23)c(Cl)c1. The van der Waals surface area contributed by atoms with E-state index in [1.54, 1.807) is 42.5 Å². The number of carbonyl (C=O) groups excluding carboxylic acids is 2. The van der Waals surface area contributed by atoms with Crippen LogP contribution in [0.15, 0.2) is 96.6 Å². The third kappa shape index (κ3) is 4.67. The average Bonchev–Trinajstić information content (AvgIpc) is 2.86. The van der Waals surface area contributed by atoms with Gasteiger partial charge in [-0.3, -0.25) is 19.8 Å². The van der Waals surface area contributed by atoms with Crippen molar-refractivity contribution >= 4 is 63.3 Å². The van der Waals surface area contributed by atoms with Crippen LogP contribution in [-0.2, 0) is 16.2 Å². The fourth-order valence-corrected chi connectivity index (χ4v) is 4.46. The highest BCUT2D eigenvalue weighted by Crippen LogP contribution is 2.29. The van der Waals surface area contributed by atoms with Crippen LogP contribution in [0, 0.1) is 0 Å². The quantitative estimate of drug-likeness (QED) is 0.211. The fourth-order valence-electron chi connectivity index (χ4n) is 3.93. The lowest BCUT2D eigenvalue weighted by atomic mass is 10.1. The summed E-state index contributed by atoms with van der Waals surface area (Å²) in [7, 11) is 0. The van der Waals surface area contributed by atoms with Crippen molar-refractivity contribution in [3.8, 4) is 5.75 Å². The van der Waals surface area contributed by atoms with Crippen LogP contribution in [-0.4, -0.2) is 16.9 Å². The number of carbonyl (C=O) groups is 2. The number of halogens is 1. The van der Waals surface area contributed by atoms with Gasteiger partial charge in [-0.2, -0.15) is 0 Å². The summed E-state index contributed by atoms with van der Waals surface area (Å²) in [6.45, 7) is 0.353. The first kappa shape index (κ1) is 22.8. The van der Waals surface area contributed by atoms with Gasteiger partial charge in [0.05, 0.1) is 10.7 Å². The van der Waals surface area contributed by atoms with Crippen LogP contribution >= 0.6 is 23.8 Å². The van der Waals surface area contributed by atoms with Crippen molar-refractivity contribution in [2.24, 2.45) is 0 Å². The van der Waals surface area contributed by atoms with Crippen molar-refractivity contribution < 1.29 is 14.3 Å². The monoisotopic (exact) mass is 498 g/mol. The predicted molar refractivity (Wildman–Crippen MR) is 142 cm³/mol. The van der Waals surface area contributed by atoms with Crippen molar-refractivity contribution in [3.63, 3.8) is 0 Å². The predicted octanol–water partition coefficient (Wildman–Crippen LogP) is 5.90. The smallest absolute Gasteiger partial charge is 0.270 e. The van der Waals surface area contributed by atoms with Crippen LogP contribution in [0.2, 0.25) is 5.02 Å². The Balaban J connectivity index is 1.37. The maximum Gasteiger partial charge on any atom is 0.270 e. The molecule has 1 heterocycles. The molecule has 0 aromatic heterocycles. The molecular weight excluding hydrogens is 480 g/mol. The lowest BCUT2D eigenvalue weighted by Crippen LogP contribution is -2.54. The lowest BCUT2D eigenvalue weighted by molar-refractivity contribution is -0.122. The molecule has 0 aliphatic carbocycles. The summed E-state index contributed by atoms with van der Waals surface area (Å²) in [6, 6.07) is 28.2. The molecule has 0 unspecified atom stereocenters. The van der Waals surface area contributed by atoms with Crippen LogP contribution in [0.25, 0.3) is 16.8 Å². The minimum Gasteiger partial charge on any atom is -0.487 e. The van der Waals surface area contributed by atoms with E-state index in [1.165, 1.54) is 11.0 Å².